The molecule has 3 aromatic carbocycles. The highest BCUT2D eigenvalue weighted by Crippen LogP contribution is 2.42. The van der Waals surface area contributed by atoms with E-state index in [1.54, 1.807) is 6.07 Å². The standard InChI is InChI=1S/C35H45FO/c1-9-27-14-15-29(23-32(27)36)33-25(7)21-31(22-26(33)8)35(12-4,13-5)30-17-16-28(24(6)20-30)18-19-34(37,10-2)11-3/h14-23,37H,9-13H2,1-8H3. The van der Waals surface area contributed by atoms with Crippen molar-refractivity contribution in [3.8, 4) is 11.1 Å². The lowest BCUT2D eigenvalue weighted by atomic mass is 9.69. The van der Waals surface area contributed by atoms with E-state index in [1.165, 1.54) is 27.8 Å². The summed E-state index contributed by atoms with van der Waals surface area (Å²) in [7, 11) is 0. The maximum atomic E-state index is 14.6. The normalized spacial score (nSPS) is 12.5. The molecule has 37 heavy (non-hydrogen) atoms. The van der Waals surface area contributed by atoms with Crippen LogP contribution >= 0.6 is 0 Å². The van der Waals surface area contributed by atoms with E-state index < -0.39 is 5.60 Å². The van der Waals surface area contributed by atoms with Gasteiger partial charge in [-0.1, -0.05) is 89.2 Å². The van der Waals surface area contributed by atoms with E-state index in [1.807, 2.05) is 32.9 Å². The summed E-state index contributed by atoms with van der Waals surface area (Å²) < 4.78 is 14.6. The number of benzene rings is 3. The summed E-state index contributed by atoms with van der Waals surface area (Å²) in [5.74, 6) is -0.125. The van der Waals surface area contributed by atoms with Gasteiger partial charge in [-0.05, 0) is 109 Å². The lowest BCUT2D eigenvalue weighted by molar-refractivity contribution is 0.0836. The van der Waals surface area contributed by atoms with Gasteiger partial charge in [-0.25, -0.2) is 4.39 Å². The van der Waals surface area contributed by atoms with Gasteiger partial charge in [-0.15, -0.1) is 0 Å². The molecule has 0 heterocycles. The van der Waals surface area contributed by atoms with E-state index in [9.17, 15) is 9.50 Å². The third-order valence-corrected chi connectivity index (χ3v) is 8.64. The molecular weight excluding hydrogens is 455 g/mol. The number of aryl methyl sites for hydroxylation is 4. The first-order valence-electron chi connectivity index (χ1n) is 14.0. The van der Waals surface area contributed by atoms with Crippen LogP contribution < -0.4 is 0 Å². The Morgan fingerprint density at radius 1 is 0.730 bits per heavy atom. The van der Waals surface area contributed by atoms with Gasteiger partial charge in [-0.2, -0.15) is 0 Å². The molecule has 0 aliphatic rings. The summed E-state index contributed by atoms with van der Waals surface area (Å²) in [4.78, 5) is 0. The Balaban J connectivity index is 2.07. The zero-order valence-corrected chi connectivity index (χ0v) is 24.1. The summed E-state index contributed by atoms with van der Waals surface area (Å²) >= 11 is 0. The van der Waals surface area contributed by atoms with Crippen LogP contribution in [0.5, 0.6) is 0 Å². The average molecular weight is 501 g/mol. The Labute approximate surface area is 224 Å². The second-order valence-electron chi connectivity index (χ2n) is 10.6. The predicted octanol–water partition coefficient (Wildman–Crippen LogP) is 9.65. The fraction of sp³-hybridized carbons (Fsp3) is 0.429. The van der Waals surface area contributed by atoms with Crippen LogP contribution in [0, 0.1) is 26.6 Å². The largest absolute Gasteiger partial charge is 0.386 e. The molecule has 0 bridgehead atoms. The van der Waals surface area contributed by atoms with E-state index in [2.05, 4.69) is 77.1 Å². The Morgan fingerprint density at radius 3 is 1.81 bits per heavy atom. The van der Waals surface area contributed by atoms with Crippen molar-refractivity contribution < 1.29 is 9.50 Å². The Hall–Kier alpha value is -2.71. The molecule has 0 saturated carbocycles. The summed E-state index contributed by atoms with van der Waals surface area (Å²) in [6, 6.07) is 17.1. The van der Waals surface area contributed by atoms with Crippen molar-refractivity contribution in [2.24, 2.45) is 0 Å². The van der Waals surface area contributed by atoms with Crippen molar-refractivity contribution in [1.29, 1.82) is 0 Å². The lowest BCUT2D eigenvalue weighted by Gasteiger charge is -2.35. The van der Waals surface area contributed by atoms with Gasteiger partial charge in [0.05, 0.1) is 5.60 Å². The van der Waals surface area contributed by atoms with Crippen LogP contribution in [0.25, 0.3) is 17.2 Å². The number of hydrogen-bond donors (Lipinski definition) is 1. The maximum absolute atomic E-state index is 14.6. The third-order valence-electron chi connectivity index (χ3n) is 8.64. The molecule has 0 saturated heterocycles. The third kappa shape index (κ3) is 5.75. The van der Waals surface area contributed by atoms with Crippen molar-refractivity contribution in [2.75, 3.05) is 0 Å². The van der Waals surface area contributed by atoms with E-state index >= 15 is 0 Å². The molecule has 0 aromatic heterocycles. The fourth-order valence-electron chi connectivity index (χ4n) is 5.81. The van der Waals surface area contributed by atoms with E-state index in [0.29, 0.717) is 19.3 Å². The van der Waals surface area contributed by atoms with Gasteiger partial charge in [0.2, 0.25) is 0 Å². The fourth-order valence-corrected chi connectivity index (χ4v) is 5.81. The zero-order valence-electron chi connectivity index (χ0n) is 24.1. The highest BCUT2D eigenvalue weighted by Gasteiger charge is 2.32. The summed E-state index contributed by atoms with van der Waals surface area (Å²) in [6.07, 6.45) is 8.10. The summed E-state index contributed by atoms with van der Waals surface area (Å²) in [5.41, 5.74) is 9.33. The highest BCUT2D eigenvalue weighted by molar-refractivity contribution is 5.72. The first-order valence-corrected chi connectivity index (χ1v) is 14.0. The monoisotopic (exact) mass is 500 g/mol. The molecule has 0 radical (unpaired) electrons. The van der Waals surface area contributed by atoms with Crippen molar-refractivity contribution >= 4 is 6.08 Å². The van der Waals surface area contributed by atoms with Gasteiger partial charge in [0, 0.05) is 5.41 Å². The maximum Gasteiger partial charge on any atom is 0.127 e. The summed E-state index contributed by atoms with van der Waals surface area (Å²) in [6.45, 7) is 17.0. The smallest absolute Gasteiger partial charge is 0.127 e. The number of hydrogen-bond acceptors (Lipinski definition) is 1. The van der Waals surface area contributed by atoms with Gasteiger partial charge in [0.25, 0.3) is 0 Å². The molecule has 0 amide bonds. The minimum Gasteiger partial charge on any atom is -0.386 e. The average Bonchev–Trinajstić information content (AvgIpc) is 2.89. The van der Waals surface area contributed by atoms with Gasteiger partial charge >= 0.3 is 0 Å². The lowest BCUT2D eigenvalue weighted by Crippen LogP contribution is -2.26. The molecule has 1 nitrogen and oxygen atoms in total. The molecule has 0 fully saturated rings. The number of halogens is 1. The first kappa shape index (κ1) is 28.9. The SMILES string of the molecule is CCc1ccc(-c2c(C)cc(C(CC)(CC)c3ccc(C=CC(O)(CC)CC)c(C)c3)cc2C)cc1F. The topological polar surface area (TPSA) is 20.2 Å². The minimum absolute atomic E-state index is 0.105. The molecule has 0 atom stereocenters. The minimum atomic E-state index is -0.752. The van der Waals surface area contributed by atoms with Gasteiger partial charge in [0.15, 0.2) is 0 Å². The van der Waals surface area contributed by atoms with Crippen molar-refractivity contribution in [3.63, 3.8) is 0 Å². The van der Waals surface area contributed by atoms with Crippen molar-refractivity contribution in [3.05, 3.63) is 99.4 Å². The molecule has 2 heteroatoms. The molecule has 198 valence electrons. The molecule has 0 spiro atoms. The van der Waals surface area contributed by atoms with Gasteiger partial charge in [-0.3, -0.25) is 0 Å². The van der Waals surface area contributed by atoms with Crippen molar-refractivity contribution in [2.45, 2.75) is 98.5 Å². The first-order chi connectivity index (χ1) is 17.6. The van der Waals surface area contributed by atoms with Gasteiger partial charge in [0.1, 0.15) is 5.82 Å². The van der Waals surface area contributed by atoms with E-state index in [0.717, 1.165) is 35.1 Å². The van der Waals surface area contributed by atoms with Gasteiger partial charge < -0.3 is 5.11 Å². The Kier molecular flexibility index (Phi) is 9.18. The van der Waals surface area contributed by atoms with Crippen LogP contribution in [0.3, 0.4) is 0 Å². The van der Waals surface area contributed by atoms with Crippen LogP contribution in [0.1, 0.15) is 99.2 Å². The second-order valence-corrected chi connectivity index (χ2v) is 10.6. The molecular formula is C35H45FO. The Bertz CT molecular complexity index is 1240. The van der Waals surface area contributed by atoms with Crippen LogP contribution in [0.15, 0.2) is 54.6 Å². The van der Waals surface area contributed by atoms with Crippen molar-refractivity contribution in [1.82, 2.24) is 0 Å². The molecule has 0 unspecified atom stereocenters. The van der Waals surface area contributed by atoms with E-state index in [4.69, 9.17) is 0 Å². The molecule has 0 aliphatic carbocycles. The molecule has 3 aromatic rings. The Morgan fingerprint density at radius 2 is 1.32 bits per heavy atom. The number of aliphatic hydroxyl groups is 1. The highest BCUT2D eigenvalue weighted by atomic mass is 19.1. The van der Waals surface area contributed by atoms with Crippen LogP contribution in [-0.4, -0.2) is 10.7 Å². The van der Waals surface area contributed by atoms with E-state index in [-0.39, 0.29) is 11.2 Å². The number of rotatable bonds is 10. The van der Waals surface area contributed by atoms with Crippen LogP contribution in [0.2, 0.25) is 0 Å². The predicted molar refractivity (Wildman–Crippen MR) is 158 cm³/mol. The van der Waals surface area contributed by atoms with Crippen LogP contribution in [0.4, 0.5) is 4.39 Å². The molecule has 0 aliphatic heterocycles. The zero-order chi connectivity index (χ0) is 27.4. The van der Waals surface area contributed by atoms with Crippen LogP contribution in [-0.2, 0) is 11.8 Å². The molecule has 3 rings (SSSR count). The summed E-state index contributed by atoms with van der Waals surface area (Å²) in [5, 5.41) is 10.7. The molecule has 1 N–H and O–H groups in total. The second kappa shape index (κ2) is 11.8. The quantitative estimate of drug-likeness (QED) is 0.294.